The van der Waals surface area contributed by atoms with Crippen LogP contribution in [0.2, 0.25) is 5.02 Å². The Kier molecular flexibility index (Phi) is 8.63. The zero-order valence-electron chi connectivity index (χ0n) is 19.9. The van der Waals surface area contributed by atoms with E-state index in [0.29, 0.717) is 25.3 Å². The summed E-state index contributed by atoms with van der Waals surface area (Å²) in [7, 11) is 0. The maximum atomic E-state index is 12.2. The first-order chi connectivity index (χ1) is 17.1. The number of carbonyl (C=O) groups excluding carboxylic acids is 1. The molecule has 0 saturated carbocycles. The van der Waals surface area contributed by atoms with Crippen LogP contribution < -0.4 is 14.8 Å². The lowest BCUT2D eigenvalue weighted by Gasteiger charge is -2.11. The quantitative estimate of drug-likeness (QED) is 0.262. The zero-order valence-corrected chi connectivity index (χ0v) is 20.6. The van der Waals surface area contributed by atoms with Gasteiger partial charge in [0.1, 0.15) is 17.3 Å². The fourth-order valence-corrected chi connectivity index (χ4v) is 3.98. The Hall–Kier alpha value is -3.51. The highest BCUT2D eigenvalue weighted by molar-refractivity contribution is 6.31. The van der Waals surface area contributed by atoms with Gasteiger partial charge in [0.05, 0.1) is 17.6 Å². The van der Waals surface area contributed by atoms with Crippen LogP contribution >= 0.6 is 11.6 Å². The first-order valence-corrected chi connectivity index (χ1v) is 12.3. The number of ether oxygens (including phenoxy) is 2. The smallest absolute Gasteiger partial charge is 0.257 e. The van der Waals surface area contributed by atoms with Gasteiger partial charge >= 0.3 is 0 Å². The lowest BCUT2D eigenvalue weighted by atomic mass is 10.2. The molecule has 0 bridgehead atoms. The van der Waals surface area contributed by atoms with E-state index in [4.69, 9.17) is 26.1 Å². The summed E-state index contributed by atoms with van der Waals surface area (Å²) in [6.45, 7) is 3.94. The topological polar surface area (TPSA) is 65.4 Å². The first kappa shape index (κ1) is 24.6. The molecule has 6 nitrogen and oxygen atoms in total. The number of imidazole rings is 1. The van der Waals surface area contributed by atoms with Crippen LogP contribution in [-0.2, 0) is 17.8 Å². The number of rotatable bonds is 12. The number of benzene rings is 3. The van der Waals surface area contributed by atoms with Crippen molar-refractivity contribution in [2.24, 2.45) is 0 Å². The molecule has 0 fully saturated rings. The van der Waals surface area contributed by atoms with E-state index in [1.54, 1.807) is 0 Å². The number of fused-ring (bicyclic) bond motifs is 1. The second-order valence-corrected chi connectivity index (χ2v) is 8.74. The molecule has 1 heterocycles. The Morgan fingerprint density at radius 3 is 2.60 bits per heavy atom. The van der Waals surface area contributed by atoms with Crippen LogP contribution in [0.15, 0.2) is 72.8 Å². The predicted molar refractivity (Wildman–Crippen MR) is 139 cm³/mol. The van der Waals surface area contributed by atoms with Crippen LogP contribution in [0.1, 0.15) is 24.2 Å². The Morgan fingerprint density at radius 2 is 1.77 bits per heavy atom. The fraction of sp³-hybridized carbons (Fsp3) is 0.286. The second-order valence-electron chi connectivity index (χ2n) is 8.34. The predicted octanol–water partition coefficient (Wildman–Crippen LogP) is 5.60. The van der Waals surface area contributed by atoms with Crippen molar-refractivity contribution in [3.05, 3.63) is 89.2 Å². The summed E-state index contributed by atoms with van der Waals surface area (Å²) in [5.41, 5.74) is 3.09. The van der Waals surface area contributed by atoms with E-state index < -0.39 is 0 Å². The molecular formula is C28H30ClN3O3. The van der Waals surface area contributed by atoms with E-state index in [1.807, 2.05) is 73.7 Å². The third-order valence-corrected chi connectivity index (χ3v) is 6.12. The highest BCUT2D eigenvalue weighted by Crippen LogP contribution is 2.21. The highest BCUT2D eigenvalue weighted by Gasteiger charge is 2.11. The van der Waals surface area contributed by atoms with Gasteiger partial charge in [-0.25, -0.2) is 4.98 Å². The van der Waals surface area contributed by atoms with Gasteiger partial charge in [-0.3, -0.25) is 4.79 Å². The molecule has 0 aliphatic heterocycles. The van der Waals surface area contributed by atoms with Gasteiger partial charge in [-0.15, -0.1) is 0 Å². The van der Waals surface area contributed by atoms with Crippen molar-refractivity contribution in [3.8, 4) is 11.5 Å². The van der Waals surface area contributed by atoms with Crippen LogP contribution in [0, 0.1) is 6.92 Å². The van der Waals surface area contributed by atoms with Crippen molar-refractivity contribution in [1.82, 2.24) is 14.9 Å². The number of para-hydroxylation sites is 3. The molecule has 0 saturated heterocycles. The zero-order chi connectivity index (χ0) is 24.5. The normalized spacial score (nSPS) is 10.9. The van der Waals surface area contributed by atoms with E-state index >= 15 is 0 Å². The van der Waals surface area contributed by atoms with Crippen molar-refractivity contribution < 1.29 is 14.3 Å². The molecule has 1 N–H and O–H groups in total. The van der Waals surface area contributed by atoms with Crippen LogP contribution in [0.25, 0.3) is 11.0 Å². The number of hydrogen-bond acceptors (Lipinski definition) is 4. The van der Waals surface area contributed by atoms with Gasteiger partial charge in [0, 0.05) is 24.5 Å². The summed E-state index contributed by atoms with van der Waals surface area (Å²) < 4.78 is 13.6. The molecule has 1 aromatic heterocycles. The average molecular weight is 492 g/mol. The molecule has 7 heteroatoms. The molecule has 182 valence electrons. The number of hydrogen-bond donors (Lipinski definition) is 1. The Morgan fingerprint density at radius 1 is 0.971 bits per heavy atom. The lowest BCUT2D eigenvalue weighted by molar-refractivity contribution is -0.123. The Balaban J connectivity index is 1.27. The standard InChI is InChI=1S/C28H30ClN3O3/c1-21-19-23(13-14-24(21)29)34-18-8-7-17-32-26-12-6-5-11-25(26)31-27(32)15-16-30-28(33)20-35-22-9-3-2-4-10-22/h2-6,9-14,19H,7-8,15-18,20H2,1H3,(H,30,33). The summed E-state index contributed by atoms with van der Waals surface area (Å²) in [5.74, 6) is 2.34. The number of aromatic nitrogens is 2. The summed E-state index contributed by atoms with van der Waals surface area (Å²) in [5, 5.41) is 3.68. The van der Waals surface area contributed by atoms with Gasteiger partial charge in [0.15, 0.2) is 6.61 Å². The molecular weight excluding hydrogens is 462 g/mol. The van der Waals surface area contributed by atoms with E-state index in [0.717, 1.165) is 52.6 Å². The van der Waals surface area contributed by atoms with Gasteiger partial charge < -0.3 is 19.4 Å². The molecule has 1 amide bonds. The van der Waals surface area contributed by atoms with Crippen LogP contribution in [0.4, 0.5) is 0 Å². The summed E-state index contributed by atoms with van der Waals surface area (Å²) in [6.07, 6.45) is 2.52. The van der Waals surface area contributed by atoms with Crippen molar-refractivity contribution in [2.45, 2.75) is 32.7 Å². The first-order valence-electron chi connectivity index (χ1n) is 11.9. The SMILES string of the molecule is Cc1cc(OCCCCn2c(CCNC(=O)COc3ccccc3)nc3ccccc32)ccc1Cl. The Bertz CT molecular complexity index is 1260. The van der Waals surface area contributed by atoms with Gasteiger partial charge in [-0.2, -0.15) is 0 Å². The minimum Gasteiger partial charge on any atom is -0.494 e. The number of amides is 1. The number of halogens is 1. The van der Waals surface area contributed by atoms with Gasteiger partial charge in [-0.05, 0) is 67.8 Å². The maximum Gasteiger partial charge on any atom is 0.257 e. The van der Waals surface area contributed by atoms with Gasteiger partial charge in [0.2, 0.25) is 0 Å². The average Bonchev–Trinajstić information content (AvgIpc) is 3.22. The van der Waals surface area contributed by atoms with Crippen LogP contribution in [0.5, 0.6) is 11.5 Å². The number of unbranched alkanes of at least 4 members (excludes halogenated alkanes) is 1. The van der Waals surface area contributed by atoms with Crippen LogP contribution in [0.3, 0.4) is 0 Å². The molecule has 0 unspecified atom stereocenters. The van der Waals surface area contributed by atoms with E-state index in [-0.39, 0.29) is 12.5 Å². The van der Waals surface area contributed by atoms with Crippen molar-refractivity contribution in [1.29, 1.82) is 0 Å². The molecule has 3 aromatic carbocycles. The van der Waals surface area contributed by atoms with Crippen molar-refractivity contribution >= 4 is 28.5 Å². The summed E-state index contributed by atoms with van der Waals surface area (Å²) in [6, 6.07) is 23.2. The largest absolute Gasteiger partial charge is 0.494 e. The highest BCUT2D eigenvalue weighted by atomic mass is 35.5. The van der Waals surface area contributed by atoms with Crippen molar-refractivity contribution in [2.75, 3.05) is 19.8 Å². The third kappa shape index (κ3) is 6.99. The van der Waals surface area contributed by atoms with E-state index in [1.165, 1.54) is 0 Å². The van der Waals surface area contributed by atoms with Gasteiger partial charge in [0.25, 0.3) is 5.91 Å². The summed E-state index contributed by atoms with van der Waals surface area (Å²) >= 11 is 6.08. The van der Waals surface area contributed by atoms with Crippen LogP contribution in [-0.4, -0.2) is 35.2 Å². The molecule has 0 aliphatic carbocycles. The minimum atomic E-state index is -0.147. The van der Waals surface area contributed by atoms with Gasteiger partial charge in [-0.1, -0.05) is 41.9 Å². The second kappa shape index (κ2) is 12.3. The molecule has 0 aliphatic rings. The molecule has 0 atom stereocenters. The third-order valence-electron chi connectivity index (χ3n) is 5.69. The number of nitrogens with one attached hydrogen (secondary N) is 1. The van der Waals surface area contributed by atoms with E-state index in [9.17, 15) is 4.79 Å². The van der Waals surface area contributed by atoms with E-state index in [2.05, 4.69) is 16.0 Å². The maximum absolute atomic E-state index is 12.2. The number of nitrogens with zero attached hydrogens (tertiary/aromatic N) is 2. The molecule has 0 radical (unpaired) electrons. The molecule has 0 spiro atoms. The summed E-state index contributed by atoms with van der Waals surface area (Å²) in [4.78, 5) is 17.0. The number of carbonyl (C=O) groups is 1. The minimum absolute atomic E-state index is 0.00638. The number of aryl methyl sites for hydroxylation is 2. The Labute approximate surface area is 210 Å². The van der Waals surface area contributed by atoms with Crippen molar-refractivity contribution in [3.63, 3.8) is 0 Å². The molecule has 4 rings (SSSR count). The molecule has 35 heavy (non-hydrogen) atoms. The monoisotopic (exact) mass is 491 g/mol. The molecule has 4 aromatic rings. The fourth-order valence-electron chi connectivity index (χ4n) is 3.87. The lowest BCUT2D eigenvalue weighted by Crippen LogP contribution is -2.31.